The lowest BCUT2D eigenvalue weighted by molar-refractivity contribution is 0.618. The van der Waals surface area contributed by atoms with Crippen molar-refractivity contribution in [1.29, 1.82) is 0 Å². The second-order valence-corrected chi connectivity index (χ2v) is 14.5. The van der Waals surface area contributed by atoms with E-state index in [9.17, 15) is 0 Å². The van der Waals surface area contributed by atoms with Crippen molar-refractivity contribution in [2.45, 2.75) is 25.2 Å². The van der Waals surface area contributed by atoms with Gasteiger partial charge in [0.2, 0.25) is 0 Å². The third-order valence-corrected chi connectivity index (χ3v) is 11.3. The third kappa shape index (κ3) is 5.76. The molecule has 0 radical (unpaired) electrons. The van der Waals surface area contributed by atoms with Gasteiger partial charge < -0.3 is 4.57 Å². The first-order valence-corrected chi connectivity index (χ1v) is 18.8. The Bertz CT molecular complexity index is 2740. The van der Waals surface area contributed by atoms with Crippen LogP contribution in [0.25, 0.3) is 72.0 Å². The molecule has 1 nitrogen and oxygen atoms in total. The molecule has 8 aromatic carbocycles. The van der Waals surface area contributed by atoms with Crippen LogP contribution in [0.3, 0.4) is 0 Å². The van der Waals surface area contributed by atoms with Gasteiger partial charge in [-0.1, -0.05) is 164 Å². The van der Waals surface area contributed by atoms with Crippen LogP contribution in [0.15, 0.2) is 194 Å². The van der Waals surface area contributed by atoms with Crippen molar-refractivity contribution in [2.24, 2.45) is 0 Å². The van der Waals surface area contributed by atoms with Crippen molar-refractivity contribution in [3.8, 4) is 50.2 Å². The predicted molar refractivity (Wildman–Crippen MR) is 224 cm³/mol. The molecule has 0 aliphatic heterocycles. The van der Waals surface area contributed by atoms with Crippen molar-refractivity contribution >= 4 is 21.8 Å². The van der Waals surface area contributed by atoms with Gasteiger partial charge in [-0.2, -0.15) is 0 Å². The summed E-state index contributed by atoms with van der Waals surface area (Å²) in [5, 5.41) is 2.55. The van der Waals surface area contributed by atoms with Crippen LogP contribution in [0, 0.1) is 0 Å². The Morgan fingerprint density at radius 3 is 1.79 bits per heavy atom. The minimum absolute atomic E-state index is 0.426. The highest BCUT2D eigenvalue weighted by atomic mass is 15.0. The number of aromatic nitrogens is 1. The highest BCUT2D eigenvalue weighted by molar-refractivity contribution is 6.10. The maximum Gasteiger partial charge on any atom is 0.0541 e. The van der Waals surface area contributed by atoms with E-state index in [0.717, 1.165) is 19.3 Å². The summed E-state index contributed by atoms with van der Waals surface area (Å²) in [5.74, 6) is 0.426. The molecule has 1 aliphatic rings. The Kier molecular flexibility index (Phi) is 7.84. The number of para-hydroxylation sites is 1. The summed E-state index contributed by atoms with van der Waals surface area (Å²) in [6.07, 6.45) is 3.21. The summed E-state index contributed by atoms with van der Waals surface area (Å²) < 4.78 is 2.41. The van der Waals surface area contributed by atoms with Crippen LogP contribution in [0.5, 0.6) is 0 Å². The Hall–Kier alpha value is -6.44. The maximum absolute atomic E-state index is 2.48. The Morgan fingerprint density at radius 2 is 0.962 bits per heavy atom. The Morgan fingerprint density at radius 1 is 0.377 bits per heavy atom. The zero-order chi connectivity index (χ0) is 35.1. The summed E-state index contributed by atoms with van der Waals surface area (Å²) in [6, 6.07) is 71.7. The minimum atomic E-state index is 0.426. The number of rotatable bonds is 5. The summed E-state index contributed by atoms with van der Waals surface area (Å²) in [4.78, 5) is 0. The normalized spacial score (nSPS) is 14.0. The number of benzene rings is 8. The maximum atomic E-state index is 2.48. The second kappa shape index (κ2) is 13.3. The molecule has 0 N–H and O–H groups in total. The topological polar surface area (TPSA) is 4.93 Å². The fourth-order valence-electron chi connectivity index (χ4n) is 8.65. The first kappa shape index (κ1) is 31.3. The van der Waals surface area contributed by atoms with Gasteiger partial charge in [-0.25, -0.2) is 0 Å². The Labute approximate surface area is 311 Å². The van der Waals surface area contributed by atoms with Gasteiger partial charge in [0.25, 0.3) is 0 Å². The van der Waals surface area contributed by atoms with E-state index in [0.29, 0.717) is 5.92 Å². The van der Waals surface area contributed by atoms with Gasteiger partial charge in [0.05, 0.1) is 11.0 Å². The van der Waals surface area contributed by atoms with Crippen LogP contribution in [-0.4, -0.2) is 4.57 Å². The van der Waals surface area contributed by atoms with Crippen LogP contribution in [0.1, 0.15) is 29.0 Å². The highest BCUT2D eigenvalue weighted by Gasteiger charge is 2.22. The molecule has 252 valence electrons. The third-order valence-electron chi connectivity index (χ3n) is 11.3. The van der Waals surface area contributed by atoms with Gasteiger partial charge in [0.1, 0.15) is 0 Å². The van der Waals surface area contributed by atoms with Crippen LogP contribution in [0.2, 0.25) is 0 Å². The molecule has 1 aromatic heterocycles. The quantitative estimate of drug-likeness (QED) is 0.171. The zero-order valence-electron chi connectivity index (χ0n) is 29.6. The highest BCUT2D eigenvalue weighted by Crippen LogP contribution is 2.41. The Balaban J connectivity index is 1.06. The van der Waals surface area contributed by atoms with E-state index in [1.807, 2.05) is 0 Å². The van der Waals surface area contributed by atoms with E-state index in [1.165, 1.54) is 88.7 Å². The number of nitrogens with zero attached hydrogens (tertiary/aromatic N) is 1. The molecule has 10 rings (SSSR count). The van der Waals surface area contributed by atoms with Gasteiger partial charge >= 0.3 is 0 Å². The van der Waals surface area contributed by atoms with E-state index >= 15 is 0 Å². The van der Waals surface area contributed by atoms with Gasteiger partial charge in [-0.15, -0.1) is 0 Å². The molecule has 0 fully saturated rings. The molecule has 0 saturated heterocycles. The molecular weight excluding hydrogens is 639 g/mol. The summed E-state index contributed by atoms with van der Waals surface area (Å²) >= 11 is 0. The molecule has 0 saturated carbocycles. The van der Waals surface area contributed by atoms with Crippen molar-refractivity contribution in [3.05, 3.63) is 211 Å². The number of fused-ring (bicyclic) bond motifs is 6. The SMILES string of the molecule is c1ccc(-c2ccc(-n3c4ccccc4c4cc(-c5ccc6c(c5)CC(c5cccc(-c7ccccc7)c5)CCc5ccccc5-6)ccc43)cc2)cc1. The van der Waals surface area contributed by atoms with Crippen LogP contribution in [-0.2, 0) is 12.8 Å². The molecule has 0 bridgehead atoms. The number of hydrogen-bond acceptors (Lipinski definition) is 0. The molecule has 1 heteroatoms. The van der Waals surface area contributed by atoms with Crippen LogP contribution < -0.4 is 0 Å². The average Bonchev–Trinajstić information content (AvgIpc) is 3.56. The van der Waals surface area contributed by atoms with Crippen molar-refractivity contribution in [2.75, 3.05) is 0 Å². The lowest BCUT2D eigenvalue weighted by atomic mass is 9.79. The summed E-state index contributed by atoms with van der Waals surface area (Å²) in [7, 11) is 0. The number of aryl methyl sites for hydroxylation is 1. The largest absolute Gasteiger partial charge is 0.309 e. The van der Waals surface area contributed by atoms with E-state index in [2.05, 4.69) is 199 Å². The minimum Gasteiger partial charge on any atom is -0.309 e. The monoisotopic (exact) mass is 677 g/mol. The van der Waals surface area contributed by atoms with Gasteiger partial charge in [-0.05, 0) is 117 Å². The van der Waals surface area contributed by atoms with Gasteiger partial charge in [0.15, 0.2) is 0 Å². The average molecular weight is 678 g/mol. The molecule has 53 heavy (non-hydrogen) atoms. The predicted octanol–water partition coefficient (Wildman–Crippen LogP) is 13.7. The van der Waals surface area contributed by atoms with E-state index in [4.69, 9.17) is 0 Å². The van der Waals surface area contributed by atoms with E-state index < -0.39 is 0 Å². The van der Waals surface area contributed by atoms with Crippen molar-refractivity contribution < 1.29 is 0 Å². The number of hydrogen-bond donors (Lipinski definition) is 0. The van der Waals surface area contributed by atoms with Gasteiger partial charge in [0, 0.05) is 16.5 Å². The summed E-state index contributed by atoms with van der Waals surface area (Å²) in [5.41, 5.74) is 18.2. The molecule has 0 amide bonds. The molecule has 1 unspecified atom stereocenters. The molecular formula is C52H39N. The fourth-order valence-corrected chi connectivity index (χ4v) is 8.65. The standard InChI is InChI=1S/C52H39N/c1-3-12-36(13-4-1)38-24-28-46(29-25-38)53-51-21-10-9-20-49(51)50-35-44(27-31-52(50)53)43-26-30-48-45(34-43)33-42(23-22-39-16-7-8-19-47(39)48)41-18-11-17-40(32-41)37-14-5-2-6-15-37/h1-21,24-32,34-35,42H,22-23,33H2. The van der Waals surface area contributed by atoms with Crippen molar-refractivity contribution in [3.63, 3.8) is 0 Å². The fraction of sp³-hybridized carbons (Fsp3) is 0.0769. The second-order valence-electron chi connectivity index (χ2n) is 14.5. The summed E-state index contributed by atoms with van der Waals surface area (Å²) in [6.45, 7) is 0. The molecule has 1 atom stereocenters. The van der Waals surface area contributed by atoms with E-state index in [1.54, 1.807) is 0 Å². The lowest BCUT2D eigenvalue weighted by Crippen LogP contribution is -2.10. The molecule has 1 heterocycles. The molecule has 9 aromatic rings. The smallest absolute Gasteiger partial charge is 0.0541 e. The molecule has 1 aliphatic carbocycles. The first-order chi connectivity index (χ1) is 26.3. The zero-order valence-corrected chi connectivity index (χ0v) is 29.6. The lowest BCUT2D eigenvalue weighted by Gasteiger charge is -2.25. The molecule has 0 spiro atoms. The van der Waals surface area contributed by atoms with Crippen LogP contribution >= 0.6 is 0 Å². The van der Waals surface area contributed by atoms with E-state index in [-0.39, 0.29) is 0 Å². The van der Waals surface area contributed by atoms with Crippen molar-refractivity contribution in [1.82, 2.24) is 4.57 Å². The first-order valence-electron chi connectivity index (χ1n) is 18.8. The van der Waals surface area contributed by atoms with Gasteiger partial charge in [-0.3, -0.25) is 0 Å². The van der Waals surface area contributed by atoms with Crippen LogP contribution in [0.4, 0.5) is 0 Å².